The Kier molecular flexibility index (Phi) is 5.77. The molecule has 1 saturated heterocycles. The first-order valence-corrected chi connectivity index (χ1v) is 12.8. The maximum Gasteiger partial charge on any atom is 0.256 e. The molecule has 0 N–H and O–H groups in total. The summed E-state index contributed by atoms with van der Waals surface area (Å²) in [5.41, 5.74) is 5.04. The van der Waals surface area contributed by atoms with Crippen molar-refractivity contribution in [3.8, 4) is 5.75 Å². The lowest BCUT2D eigenvalue weighted by atomic mass is 10.1. The molecule has 0 bridgehead atoms. The van der Waals surface area contributed by atoms with Crippen molar-refractivity contribution in [3.63, 3.8) is 0 Å². The Morgan fingerprint density at radius 2 is 1.71 bits per heavy atom. The first-order valence-electron chi connectivity index (χ1n) is 12.8. The van der Waals surface area contributed by atoms with E-state index in [1.54, 1.807) is 0 Å². The lowest BCUT2D eigenvalue weighted by Crippen LogP contribution is -2.35. The highest BCUT2D eigenvalue weighted by molar-refractivity contribution is 6.08. The van der Waals surface area contributed by atoms with E-state index in [4.69, 9.17) is 4.74 Å². The van der Waals surface area contributed by atoms with E-state index >= 15 is 0 Å². The van der Waals surface area contributed by atoms with Crippen molar-refractivity contribution in [1.29, 1.82) is 0 Å². The average Bonchev–Trinajstić information content (AvgIpc) is 3.45. The van der Waals surface area contributed by atoms with Crippen LogP contribution in [-0.2, 0) is 6.54 Å². The Morgan fingerprint density at radius 1 is 0.971 bits per heavy atom. The summed E-state index contributed by atoms with van der Waals surface area (Å²) in [5, 5.41) is 2.65. The van der Waals surface area contributed by atoms with E-state index in [0.717, 1.165) is 62.2 Å². The first-order chi connectivity index (χ1) is 17.2. The molecule has 0 aliphatic carbocycles. The van der Waals surface area contributed by atoms with E-state index in [1.807, 2.05) is 30.2 Å². The van der Waals surface area contributed by atoms with Crippen LogP contribution in [0.1, 0.15) is 48.0 Å². The lowest BCUT2D eigenvalue weighted by Gasteiger charge is -2.20. The molecule has 5 heteroatoms. The van der Waals surface area contributed by atoms with Crippen LogP contribution in [0.25, 0.3) is 21.8 Å². The zero-order valence-electron chi connectivity index (χ0n) is 20.2. The van der Waals surface area contributed by atoms with Gasteiger partial charge in [-0.05, 0) is 62.8 Å². The molecule has 1 atom stereocenters. The summed E-state index contributed by atoms with van der Waals surface area (Å²) in [7, 11) is 0. The third-order valence-electron chi connectivity index (χ3n) is 7.43. The molecule has 178 valence electrons. The maximum atomic E-state index is 13.0. The van der Waals surface area contributed by atoms with Crippen molar-refractivity contribution in [2.24, 2.45) is 4.99 Å². The molecule has 35 heavy (non-hydrogen) atoms. The van der Waals surface area contributed by atoms with Crippen LogP contribution >= 0.6 is 0 Å². The van der Waals surface area contributed by atoms with E-state index < -0.39 is 0 Å². The predicted octanol–water partition coefficient (Wildman–Crippen LogP) is 6.67. The number of amides is 1. The number of aryl methyl sites for hydroxylation is 2. The number of aromatic nitrogens is 1. The highest BCUT2D eigenvalue weighted by Crippen LogP contribution is 2.34. The third-order valence-corrected chi connectivity index (χ3v) is 7.43. The minimum absolute atomic E-state index is 0.0970. The molecule has 0 saturated carbocycles. The fourth-order valence-corrected chi connectivity index (χ4v) is 5.61. The molecule has 1 amide bonds. The number of ether oxygens (including phenoxy) is 1. The van der Waals surface area contributed by atoms with Gasteiger partial charge in [0.25, 0.3) is 5.91 Å². The molecular weight excluding hydrogens is 434 g/mol. The molecule has 3 aromatic carbocycles. The molecule has 2 aliphatic rings. The van der Waals surface area contributed by atoms with Crippen LogP contribution in [0.5, 0.6) is 5.75 Å². The SMILES string of the molecule is Cc1cc2c(cc1OCCCCCn1c3ccccc3c3ccccc31)N=C[C@@H]1CCCN1C2=O. The molecule has 1 fully saturated rings. The van der Waals surface area contributed by atoms with Crippen LogP contribution in [0.4, 0.5) is 5.69 Å². The van der Waals surface area contributed by atoms with Gasteiger partial charge in [0.05, 0.1) is 23.9 Å². The van der Waals surface area contributed by atoms with E-state index in [9.17, 15) is 4.79 Å². The predicted molar refractivity (Wildman–Crippen MR) is 142 cm³/mol. The molecule has 6 rings (SSSR count). The molecular formula is C30H31N3O2. The number of unbranched alkanes of at least 4 members (excludes halogenated alkanes) is 2. The van der Waals surface area contributed by atoms with E-state index in [0.29, 0.717) is 12.2 Å². The summed E-state index contributed by atoms with van der Waals surface area (Å²) in [6, 6.07) is 21.4. The standard InChI is InChI=1S/C30H31N3O2/c1-21-18-25-26(31-20-22-10-9-16-32(22)30(25)34)19-29(21)35-17-8-2-7-15-33-27-13-5-3-11-23(27)24-12-4-6-14-28(24)33/h3-6,11-14,18-20,22H,2,7-10,15-17H2,1H3/t22-/m0/s1. The molecule has 4 aromatic rings. The second kappa shape index (κ2) is 9.21. The Morgan fingerprint density at radius 3 is 2.49 bits per heavy atom. The van der Waals surface area contributed by atoms with E-state index in [2.05, 4.69) is 58.1 Å². The van der Waals surface area contributed by atoms with Crippen molar-refractivity contribution < 1.29 is 9.53 Å². The van der Waals surface area contributed by atoms with Crippen molar-refractivity contribution in [2.75, 3.05) is 13.2 Å². The number of nitrogens with zero attached hydrogens (tertiary/aromatic N) is 3. The zero-order chi connectivity index (χ0) is 23.8. The van der Waals surface area contributed by atoms with Crippen LogP contribution in [0, 0.1) is 6.92 Å². The zero-order valence-corrected chi connectivity index (χ0v) is 20.2. The van der Waals surface area contributed by atoms with Gasteiger partial charge in [-0.1, -0.05) is 36.4 Å². The number of benzene rings is 3. The van der Waals surface area contributed by atoms with Crippen molar-refractivity contribution in [3.05, 3.63) is 71.8 Å². The van der Waals surface area contributed by atoms with Gasteiger partial charge >= 0.3 is 0 Å². The second-order valence-electron chi connectivity index (χ2n) is 9.72. The number of hydrogen-bond donors (Lipinski definition) is 0. The molecule has 0 spiro atoms. The maximum absolute atomic E-state index is 13.0. The van der Waals surface area contributed by atoms with Gasteiger partial charge < -0.3 is 14.2 Å². The minimum Gasteiger partial charge on any atom is -0.493 e. The molecule has 3 heterocycles. The lowest BCUT2D eigenvalue weighted by molar-refractivity contribution is 0.0774. The van der Waals surface area contributed by atoms with Crippen LogP contribution in [-0.4, -0.2) is 40.8 Å². The molecule has 2 aliphatic heterocycles. The van der Waals surface area contributed by atoms with E-state index in [-0.39, 0.29) is 11.9 Å². The van der Waals surface area contributed by atoms with Crippen LogP contribution in [0.2, 0.25) is 0 Å². The average molecular weight is 466 g/mol. The summed E-state index contributed by atoms with van der Waals surface area (Å²) in [4.78, 5) is 19.6. The Labute approximate surface area is 206 Å². The Balaban J connectivity index is 1.08. The minimum atomic E-state index is 0.0970. The van der Waals surface area contributed by atoms with Crippen molar-refractivity contribution >= 4 is 39.6 Å². The van der Waals surface area contributed by atoms with Crippen LogP contribution in [0.3, 0.4) is 0 Å². The normalized spacial score (nSPS) is 17.1. The summed E-state index contributed by atoms with van der Waals surface area (Å²) in [6.45, 7) is 4.50. The Hall–Kier alpha value is -3.60. The molecule has 0 radical (unpaired) electrons. The number of hydrogen-bond acceptors (Lipinski definition) is 3. The number of carbonyl (C=O) groups excluding carboxylic acids is 1. The molecule has 0 unspecified atom stereocenters. The van der Waals surface area contributed by atoms with Gasteiger partial charge in [-0.25, -0.2) is 0 Å². The Bertz CT molecular complexity index is 1380. The first kappa shape index (κ1) is 21.9. The highest BCUT2D eigenvalue weighted by Gasteiger charge is 2.32. The second-order valence-corrected chi connectivity index (χ2v) is 9.72. The quantitative estimate of drug-likeness (QED) is 0.286. The van der Waals surface area contributed by atoms with Gasteiger partial charge in [-0.3, -0.25) is 9.79 Å². The topological polar surface area (TPSA) is 46.8 Å². The largest absolute Gasteiger partial charge is 0.493 e. The van der Waals surface area contributed by atoms with Gasteiger partial charge in [-0.2, -0.15) is 0 Å². The van der Waals surface area contributed by atoms with Crippen LogP contribution in [0.15, 0.2) is 65.7 Å². The number of carbonyl (C=O) groups is 1. The summed E-state index contributed by atoms with van der Waals surface area (Å²) < 4.78 is 8.59. The summed E-state index contributed by atoms with van der Waals surface area (Å²) in [6.07, 6.45) is 7.18. The van der Waals surface area contributed by atoms with Gasteiger partial charge in [0.2, 0.25) is 0 Å². The van der Waals surface area contributed by atoms with Gasteiger partial charge in [0, 0.05) is 47.2 Å². The number of fused-ring (bicyclic) bond motifs is 5. The fourth-order valence-electron chi connectivity index (χ4n) is 5.61. The van der Waals surface area contributed by atoms with Gasteiger partial charge in [-0.15, -0.1) is 0 Å². The van der Waals surface area contributed by atoms with Crippen LogP contribution < -0.4 is 4.74 Å². The molecule has 1 aromatic heterocycles. The van der Waals surface area contributed by atoms with E-state index in [1.165, 1.54) is 21.8 Å². The monoisotopic (exact) mass is 465 g/mol. The molecule has 5 nitrogen and oxygen atoms in total. The number of aliphatic imine (C=N–C) groups is 1. The summed E-state index contributed by atoms with van der Waals surface area (Å²) in [5.74, 6) is 0.929. The smallest absolute Gasteiger partial charge is 0.256 e. The van der Waals surface area contributed by atoms with Crippen molar-refractivity contribution in [2.45, 2.75) is 51.6 Å². The third kappa shape index (κ3) is 3.99. The fraction of sp³-hybridized carbons (Fsp3) is 0.333. The summed E-state index contributed by atoms with van der Waals surface area (Å²) >= 11 is 0. The van der Waals surface area contributed by atoms with Gasteiger partial charge in [0.1, 0.15) is 5.75 Å². The van der Waals surface area contributed by atoms with Gasteiger partial charge in [0.15, 0.2) is 0 Å². The van der Waals surface area contributed by atoms with Crippen molar-refractivity contribution in [1.82, 2.24) is 9.47 Å². The highest BCUT2D eigenvalue weighted by atomic mass is 16.5. The number of para-hydroxylation sites is 2. The number of rotatable bonds is 7.